The van der Waals surface area contributed by atoms with Crippen molar-refractivity contribution in [2.75, 3.05) is 13.2 Å². The Kier molecular flexibility index (Phi) is 3.68. The summed E-state index contributed by atoms with van der Waals surface area (Å²) >= 11 is 0. The van der Waals surface area contributed by atoms with Gasteiger partial charge in [-0.3, -0.25) is 9.59 Å². The van der Waals surface area contributed by atoms with Crippen LogP contribution in [0.3, 0.4) is 0 Å². The molecule has 0 aliphatic carbocycles. The summed E-state index contributed by atoms with van der Waals surface area (Å²) in [5.74, 6) is 0.400. The molecule has 2 aliphatic rings. The molecule has 22 heavy (non-hydrogen) atoms. The Balaban J connectivity index is 1.72. The van der Waals surface area contributed by atoms with Crippen molar-refractivity contribution in [2.45, 2.75) is 45.4 Å². The van der Waals surface area contributed by atoms with Crippen LogP contribution >= 0.6 is 0 Å². The monoisotopic (exact) mass is 306 g/mol. The quantitative estimate of drug-likeness (QED) is 0.863. The van der Waals surface area contributed by atoms with Crippen LogP contribution in [0, 0.1) is 5.92 Å². The van der Waals surface area contributed by atoms with Crippen molar-refractivity contribution < 1.29 is 14.3 Å². The van der Waals surface area contributed by atoms with E-state index < -0.39 is 5.91 Å². The van der Waals surface area contributed by atoms with E-state index in [9.17, 15) is 9.59 Å². The van der Waals surface area contributed by atoms with Gasteiger partial charge in [-0.2, -0.15) is 0 Å². The highest BCUT2D eigenvalue weighted by Gasteiger charge is 2.36. The number of primary amides is 1. The van der Waals surface area contributed by atoms with Gasteiger partial charge < -0.3 is 19.9 Å². The number of carbonyl (C=O) groups is 2. The number of fused-ring (bicyclic) bond motifs is 1. The van der Waals surface area contributed by atoms with Crippen LogP contribution in [0.2, 0.25) is 0 Å². The highest BCUT2D eigenvalue weighted by molar-refractivity contribution is 5.91. The fraction of sp³-hybridized carbons (Fsp3) is 0.667. The molecule has 1 fully saturated rings. The van der Waals surface area contributed by atoms with Crippen LogP contribution in [0.1, 0.15) is 43.0 Å². The van der Waals surface area contributed by atoms with Gasteiger partial charge in [-0.15, -0.1) is 0 Å². The zero-order valence-electron chi connectivity index (χ0n) is 13.0. The molecule has 2 N–H and O–H groups in total. The molecule has 3 rings (SSSR count). The second-order valence-electron chi connectivity index (χ2n) is 6.63. The van der Waals surface area contributed by atoms with E-state index in [0.29, 0.717) is 31.9 Å². The third-order valence-corrected chi connectivity index (χ3v) is 4.47. The smallest absolute Gasteiger partial charge is 0.266 e. The first kappa shape index (κ1) is 15.0. The SMILES string of the molecule is CC1(C)CC(C(=O)N2CCn3c(C(N)=O)cnc3C2)CCO1. The summed E-state index contributed by atoms with van der Waals surface area (Å²) < 4.78 is 7.49. The maximum Gasteiger partial charge on any atom is 0.266 e. The lowest BCUT2D eigenvalue weighted by atomic mass is 9.87. The van der Waals surface area contributed by atoms with Gasteiger partial charge in [0.05, 0.1) is 18.3 Å². The Morgan fingerprint density at radius 2 is 2.18 bits per heavy atom. The molecule has 2 aliphatic heterocycles. The van der Waals surface area contributed by atoms with Gasteiger partial charge in [0.1, 0.15) is 11.5 Å². The highest BCUT2D eigenvalue weighted by Crippen LogP contribution is 2.30. The number of imidazole rings is 1. The van der Waals surface area contributed by atoms with Crippen molar-refractivity contribution in [3.05, 3.63) is 17.7 Å². The van der Waals surface area contributed by atoms with Crippen LogP contribution in [0.4, 0.5) is 0 Å². The van der Waals surface area contributed by atoms with Gasteiger partial charge in [0.15, 0.2) is 0 Å². The summed E-state index contributed by atoms with van der Waals surface area (Å²) in [6.45, 7) is 6.25. The minimum atomic E-state index is -0.482. The summed E-state index contributed by atoms with van der Waals surface area (Å²) in [5.41, 5.74) is 5.50. The molecule has 0 radical (unpaired) electrons. The molecule has 0 bridgehead atoms. The third-order valence-electron chi connectivity index (χ3n) is 4.47. The number of nitrogens with two attached hydrogens (primary N) is 1. The molecule has 7 nitrogen and oxygen atoms in total. The first-order chi connectivity index (χ1) is 10.4. The number of aromatic nitrogens is 2. The van der Waals surface area contributed by atoms with Gasteiger partial charge in [0.25, 0.3) is 5.91 Å². The summed E-state index contributed by atoms with van der Waals surface area (Å²) in [5, 5.41) is 0. The Hall–Kier alpha value is -1.89. The number of nitrogens with zero attached hydrogens (tertiary/aromatic N) is 3. The molecule has 2 amide bonds. The van der Waals surface area contributed by atoms with Crippen molar-refractivity contribution in [1.29, 1.82) is 0 Å². The molecule has 120 valence electrons. The first-order valence-electron chi connectivity index (χ1n) is 7.64. The Labute approximate surface area is 129 Å². The van der Waals surface area contributed by atoms with Crippen molar-refractivity contribution in [1.82, 2.24) is 14.5 Å². The predicted octanol–water partition coefficient (Wildman–Crippen LogP) is 0.529. The molecular weight excluding hydrogens is 284 g/mol. The van der Waals surface area contributed by atoms with Gasteiger partial charge >= 0.3 is 0 Å². The van der Waals surface area contributed by atoms with Crippen molar-refractivity contribution in [2.24, 2.45) is 11.7 Å². The molecule has 1 aromatic rings. The molecule has 3 heterocycles. The lowest BCUT2D eigenvalue weighted by Gasteiger charge is -2.38. The lowest BCUT2D eigenvalue weighted by molar-refractivity contribution is -0.146. The van der Waals surface area contributed by atoms with E-state index in [1.807, 2.05) is 18.7 Å². The van der Waals surface area contributed by atoms with E-state index in [2.05, 4.69) is 4.98 Å². The average molecular weight is 306 g/mol. The number of hydrogen-bond acceptors (Lipinski definition) is 4. The normalized spacial score (nSPS) is 23.9. The number of hydrogen-bond donors (Lipinski definition) is 1. The third kappa shape index (κ3) is 2.72. The second kappa shape index (κ2) is 5.39. The van der Waals surface area contributed by atoms with Crippen LogP contribution in [-0.2, 0) is 22.6 Å². The van der Waals surface area contributed by atoms with Gasteiger partial charge in [-0.1, -0.05) is 0 Å². The Morgan fingerprint density at radius 3 is 2.86 bits per heavy atom. The van der Waals surface area contributed by atoms with Gasteiger partial charge in [0.2, 0.25) is 5.91 Å². The van der Waals surface area contributed by atoms with Crippen LogP contribution in [0.5, 0.6) is 0 Å². The fourth-order valence-electron chi connectivity index (χ4n) is 3.35. The summed E-state index contributed by atoms with van der Waals surface area (Å²) in [6, 6.07) is 0. The van der Waals surface area contributed by atoms with Gasteiger partial charge in [-0.05, 0) is 26.7 Å². The van der Waals surface area contributed by atoms with Crippen LogP contribution < -0.4 is 5.73 Å². The van der Waals surface area contributed by atoms with E-state index in [1.165, 1.54) is 6.20 Å². The second-order valence-corrected chi connectivity index (χ2v) is 6.63. The molecule has 1 aromatic heterocycles. The van der Waals surface area contributed by atoms with E-state index in [1.54, 1.807) is 4.57 Å². The standard InChI is InChI=1S/C15H22N4O3/c1-15(2)7-10(3-6-22-15)14(21)18-4-5-19-11(13(16)20)8-17-12(19)9-18/h8,10H,3-7,9H2,1-2H3,(H2,16,20). The highest BCUT2D eigenvalue weighted by atomic mass is 16.5. The average Bonchev–Trinajstić information content (AvgIpc) is 2.88. The Morgan fingerprint density at radius 1 is 1.41 bits per heavy atom. The predicted molar refractivity (Wildman–Crippen MR) is 78.9 cm³/mol. The van der Waals surface area contributed by atoms with E-state index in [0.717, 1.165) is 18.7 Å². The number of amides is 2. The molecule has 0 spiro atoms. The van der Waals surface area contributed by atoms with Crippen molar-refractivity contribution in [3.63, 3.8) is 0 Å². The minimum absolute atomic E-state index is 0.000808. The van der Waals surface area contributed by atoms with Crippen molar-refractivity contribution in [3.8, 4) is 0 Å². The van der Waals surface area contributed by atoms with Gasteiger partial charge in [0, 0.05) is 25.6 Å². The maximum absolute atomic E-state index is 12.7. The molecule has 7 heteroatoms. The summed E-state index contributed by atoms with van der Waals surface area (Å²) in [7, 11) is 0. The minimum Gasteiger partial charge on any atom is -0.376 e. The van der Waals surface area contributed by atoms with Crippen molar-refractivity contribution >= 4 is 11.8 Å². The fourth-order valence-corrected chi connectivity index (χ4v) is 3.35. The molecule has 0 aromatic carbocycles. The molecule has 1 unspecified atom stereocenters. The first-order valence-corrected chi connectivity index (χ1v) is 7.64. The molecular formula is C15H22N4O3. The maximum atomic E-state index is 12.7. The zero-order chi connectivity index (χ0) is 15.9. The molecule has 1 saturated heterocycles. The van der Waals surface area contributed by atoms with Crippen LogP contribution in [-0.4, -0.2) is 45.0 Å². The Bertz CT molecular complexity index is 608. The topological polar surface area (TPSA) is 90.5 Å². The van der Waals surface area contributed by atoms with Crippen LogP contribution in [0.25, 0.3) is 0 Å². The number of ether oxygens (including phenoxy) is 1. The van der Waals surface area contributed by atoms with Crippen LogP contribution in [0.15, 0.2) is 6.20 Å². The molecule has 1 atom stereocenters. The summed E-state index contributed by atoms with van der Waals surface area (Å²) in [4.78, 5) is 30.1. The van der Waals surface area contributed by atoms with E-state index in [-0.39, 0.29) is 17.4 Å². The lowest BCUT2D eigenvalue weighted by Crippen LogP contribution is -2.46. The molecule has 0 saturated carbocycles. The summed E-state index contributed by atoms with van der Waals surface area (Å²) in [6.07, 6.45) is 2.99. The van der Waals surface area contributed by atoms with E-state index in [4.69, 9.17) is 10.5 Å². The van der Waals surface area contributed by atoms with Gasteiger partial charge in [-0.25, -0.2) is 4.98 Å². The van der Waals surface area contributed by atoms with E-state index >= 15 is 0 Å². The number of carbonyl (C=O) groups excluding carboxylic acids is 2. The number of rotatable bonds is 2. The largest absolute Gasteiger partial charge is 0.376 e. The zero-order valence-corrected chi connectivity index (χ0v) is 13.0.